The molecule has 0 N–H and O–H groups in total. The van der Waals surface area contributed by atoms with Crippen LogP contribution in [0.2, 0.25) is 0 Å². The van der Waals surface area contributed by atoms with E-state index >= 15 is 0 Å². The summed E-state index contributed by atoms with van der Waals surface area (Å²) in [5.41, 5.74) is 2.65. The van der Waals surface area contributed by atoms with Crippen LogP contribution < -0.4 is 4.74 Å². The quantitative estimate of drug-likeness (QED) is 0.801. The van der Waals surface area contributed by atoms with Gasteiger partial charge in [-0.15, -0.1) is 0 Å². The number of carbonyl (C=O) groups is 1. The largest absolute Gasteiger partial charge is 0.488 e. The first-order chi connectivity index (χ1) is 9.06. The first-order valence-corrected chi connectivity index (χ1v) is 6.69. The molecule has 3 nitrogen and oxygen atoms in total. The highest BCUT2D eigenvalue weighted by Crippen LogP contribution is 2.25. The Hall–Kier alpha value is -1.68. The van der Waals surface area contributed by atoms with Gasteiger partial charge in [-0.25, -0.2) is 0 Å². The Labute approximate surface area is 120 Å². The van der Waals surface area contributed by atoms with Crippen molar-refractivity contribution in [2.24, 2.45) is 0 Å². The molecule has 0 aliphatic rings. The second-order valence-electron chi connectivity index (χ2n) is 4.36. The molecule has 2 aromatic rings. The fourth-order valence-electron chi connectivity index (χ4n) is 1.76. The molecule has 0 saturated heterocycles. The van der Waals surface area contributed by atoms with Crippen molar-refractivity contribution < 1.29 is 9.53 Å². The maximum Gasteiger partial charge on any atom is 0.163 e. The van der Waals surface area contributed by atoms with Gasteiger partial charge in [0.1, 0.15) is 12.4 Å². The van der Waals surface area contributed by atoms with Crippen LogP contribution in [0.5, 0.6) is 5.75 Å². The highest BCUT2D eigenvalue weighted by atomic mass is 79.9. The van der Waals surface area contributed by atoms with Gasteiger partial charge in [0.2, 0.25) is 0 Å². The number of nitrogens with zero attached hydrogens (tertiary/aromatic N) is 1. The maximum absolute atomic E-state index is 11.5. The van der Waals surface area contributed by atoms with Gasteiger partial charge in [0.15, 0.2) is 5.78 Å². The van der Waals surface area contributed by atoms with E-state index in [1.54, 1.807) is 24.5 Å². The number of halogens is 1. The van der Waals surface area contributed by atoms with Gasteiger partial charge < -0.3 is 4.74 Å². The molecule has 4 heteroatoms. The number of ketones is 1. The third-order valence-electron chi connectivity index (χ3n) is 2.65. The van der Waals surface area contributed by atoms with Crippen LogP contribution in [-0.4, -0.2) is 10.8 Å². The zero-order valence-electron chi connectivity index (χ0n) is 10.8. The molecule has 0 unspecified atom stereocenters. The SMILES string of the molecule is CC(=O)c1ccc(Br)cc1OCc1cncc(C)c1. The second kappa shape index (κ2) is 5.97. The first-order valence-electron chi connectivity index (χ1n) is 5.90. The average Bonchev–Trinajstić information content (AvgIpc) is 2.36. The Bertz CT molecular complexity index is 611. The zero-order chi connectivity index (χ0) is 13.8. The summed E-state index contributed by atoms with van der Waals surface area (Å²) in [7, 11) is 0. The van der Waals surface area contributed by atoms with Gasteiger partial charge in [0, 0.05) is 22.4 Å². The van der Waals surface area contributed by atoms with Gasteiger partial charge in [-0.1, -0.05) is 15.9 Å². The highest BCUT2D eigenvalue weighted by Gasteiger charge is 2.09. The standard InChI is InChI=1S/C15H14BrNO2/c1-10-5-12(8-17-7-10)9-19-15-6-13(16)3-4-14(15)11(2)18/h3-8H,9H2,1-2H3. The molecular formula is C15H14BrNO2. The normalized spacial score (nSPS) is 10.3. The van der Waals surface area contributed by atoms with E-state index in [4.69, 9.17) is 4.74 Å². The lowest BCUT2D eigenvalue weighted by Crippen LogP contribution is -2.02. The molecule has 0 aliphatic carbocycles. The molecule has 1 heterocycles. The Morgan fingerprint density at radius 2 is 2.11 bits per heavy atom. The number of Topliss-reactive ketones (excluding diaryl/α,β-unsaturated/α-hetero) is 1. The number of ether oxygens (including phenoxy) is 1. The summed E-state index contributed by atoms with van der Waals surface area (Å²) in [5, 5.41) is 0. The molecule has 0 atom stereocenters. The summed E-state index contributed by atoms with van der Waals surface area (Å²) in [6, 6.07) is 7.41. The number of aromatic nitrogens is 1. The summed E-state index contributed by atoms with van der Waals surface area (Å²) >= 11 is 3.38. The van der Waals surface area contributed by atoms with Crippen LogP contribution >= 0.6 is 15.9 Å². The van der Waals surface area contributed by atoms with Crippen molar-refractivity contribution in [1.82, 2.24) is 4.98 Å². The third kappa shape index (κ3) is 3.64. The molecule has 2 rings (SSSR count). The first kappa shape index (κ1) is 13.7. The molecule has 1 aromatic heterocycles. The number of pyridine rings is 1. The third-order valence-corrected chi connectivity index (χ3v) is 3.14. The van der Waals surface area contributed by atoms with Crippen molar-refractivity contribution in [2.75, 3.05) is 0 Å². The molecule has 0 saturated carbocycles. The lowest BCUT2D eigenvalue weighted by atomic mass is 10.1. The Balaban J connectivity index is 2.19. The van der Waals surface area contributed by atoms with Crippen LogP contribution in [0.3, 0.4) is 0 Å². The summed E-state index contributed by atoms with van der Waals surface area (Å²) in [6.07, 6.45) is 3.56. The fourth-order valence-corrected chi connectivity index (χ4v) is 2.10. The lowest BCUT2D eigenvalue weighted by molar-refractivity contribution is 0.101. The van der Waals surface area contributed by atoms with Gasteiger partial charge in [0.05, 0.1) is 5.56 Å². The van der Waals surface area contributed by atoms with E-state index in [2.05, 4.69) is 20.9 Å². The number of carbonyl (C=O) groups excluding carboxylic acids is 1. The maximum atomic E-state index is 11.5. The van der Waals surface area contributed by atoms with Crippen molar-refractivity contribution in [3.63, 3.8) is 0 Å². The smallest absolute Gasteiger partial charge is 0.163 e. The summed E-state index contributed by atoms with van der Waals surface area (Å²) in [4.78, 5) is 15.7. The van der Waals surface area contributed by atoms with Crippen molar-refractivity contribution in [2.45, 2.75) is 20.5 Å². The molecule has 0 aliphatic heterocycles. The number of aryl methyl sites for hydroxylation is 1. The van der Waals surface area contributed by atoms with Crippen LogP contribution in [0, 0.1) is 6.92 Å². The number of benzene rings is 1. The summed E-state index contributed by atoms with van der Waals surface area (Å²) in [5.74, 6) is 0.577. The summed E-state index contributed by atoms with van der Waals surface area (Å²) in [6.45, 7) is 3.91. The predicted molar refractivity (Wildman–Crippen MR) is 77.5 cm³/mol. The van der Waals surface area contributed by atoms with Crippen LogP contribution in [-0.2, 0) is 6.61 Å². The van der Waals surface area contributed by atoms with E-state index in [-0.39, 0.29) is 5.78 Å². The predicted octanol–water partition coefficient (Wildman–Crippen LogP) is 3.93. The molecule has 19 heavy (non-hydrogen) atoms. The van der Waals surface area contributed by atoms with E-state index in [9.17, 15) is 4.79 Å². The minimum Gasteiger partial charge on any atom is -0.488 e. The number of hydrogen-bond donors (Lipinski definition) is 0. The van der Waals surface area contributed by atoms with E-state index in [1.165, 1.54) is 6.92 Å². The minimum absolute atomic E-state index is 0.00938. The minimum atomic E-state index is -0.00938. The van der Waals surface area contributed by atoms with Crippen molar-refractivity contribution in [3.05, 3.63) is 57.8 Å². The molecule has 0 bridgehead atoms. The van der Waals surface area contributed by atoms with Crippen molar-refractivity contribution in [1.29, 1.82) is 0 Å². The summed E-state index contributed by atoms with van der Waals surface area (Å²) < 4.78 is 6.61. The Morgan fingerprint density at radius 1 is 1.32 bits per heavy atom. The number of hydrogen-bond acceptors (Lipinski definition) is 3. The second-order valence-corrected chi connectivity index (χ2v) is 5.27. The Morgan fingerprint density at radius 3 is 2.79 bits per heavy atom. The molecule has 98 valence electrons. The molecule has 0 fully saturated rings. The Kier molecular flexibility index (Phi) is 4.32. The topological polar surface area (TPSA) is 39.2 Å². The van der Waals surface area contributed by atoms with Crippen molar-refractivity contribution in [3.8, 4) is 5.75 Å². The fraction of sp³-hybridized carbons (Fsp3) is 0.200. The molecular weight excluding hydrogens is 306 g/mol. The highest BCUT2D eigenvalue weighted by molar-refractivity contribution is 9.10. The van der Waals surface area contributed by atoms with Crippen LogP contribution in [0.25, 0.3) is 0 Å². The van der Waals surface area contributed by atoms with Crippen LogP contribution in [0.15, 0.2) is 41.1 Å². The van der Waals surface area contributed by atoms with Gasteiger partial charge in [-0.2, -0.15) is 0 Å². The molecule has 1 aromatic carbocycles. The van der Waals surface area contributed by atoms with E-state index in [0.29, 0.717) is 17.9 Å². The number of rotatable bonds is 4. The molecule has 0 radical (unpaired) electrons. The zero-order valence-corrected chi connectivity index (χ0v) is 12.4. The van der Waals surface area contributed by atoms with Gasteiger partial charge >= 0.3 is 0 Å². The lowest BCUT2D eigenvalue weighted by Gasteiger charge is -2.10. The van der Waals surface area contributed by atoms with E-state index in [0.717, 1.165) is 15.6 Å². The van der Waals surface area contributed by atoms with Gasteiger partial charge in [-0.05, 0) is 43.7 Å². The van der Waals surface area contributed by atoms with Crippen LogP contribution in [0.4, 0.5) is 0 Å². The van der Waals surface area contributed by atoms with E-state index < -0.39 is 0 Å². The van der Waals surface area contributed by atoms with Gasteiger partial charge in [0.25, 0.3) is 0 Å². The van der Waals surface area contributed by atoms with Crippen molar-refractivity contribution >= 4 is 21.7 Å². The van der Waals surface area contributed by atoms with Crippen LogP contribution in [0.1, 0.15) is 28.4 Å². The van der Waals surface area contributed by atoms with Gasteiger partial charge in [-0.3, -0.25) is 9.78 Å². The van der Waals surface area contributed by atoms with E-state index in [1.807, 2.05) is 19.1 Å². The molecule has 0 amide bonds. The monoisotopic (exact) mass is 319 g/mol. The molecule has 0 spiro atoms. The average molecular weight is 320 g/mol.